The zero-order valence-corrected chi connectivity index (χ0v) is 34.2. The van der Waals surface area contributed by atoms with Crippen LogP contribution in [-0.4, -0.2) is 93.4 Å². The van der Waals surface area contributed by atoms with Gasteiger partial charge in [-0.2, -0.15) is 4.89 Å². The van der Waals surface area contributed by atoms with E-state index in [2.05, 4.69) is 80.6 Å². The van der Waals surface area contributed by atoms with Gasteiger partial charge in [0.15, 0.2) is 0 Å². The molecule has 14 heteroatoms. The summed E-state index contributed by atoms with van der Waals surface area (Å²) in [7, 11) is 2.71. The maximum atomic E-state index is 13.8. The third kappa shape index (κ3) is 8.29. The van der Waals surface area contributed by atoms with Crippen molar-refractivity contribution in [3.63, 3.8) is 0 Å². The Morgan fingerprint density at radius 2 is 1.28 bits per heavy atom. The van der Waals surface area contributed by atoms with Gasteiger partial charge in [-0.25, -0.2) is 19.8 Å². The lowest BCUT2D eigenvalue weighted by molar-refractivity contribution is -0.188. The Balaban J connectivity index is 1.06. The van der Waals surface area contributed by atoms with Gasteiger partial charge in [0.25, 0.3) is 0 Å². The molecule has 2 aromatic heterocycles. The number of nitrogens with one attached hydrogen (secondary N) is 3. The second kappa shape index (κ2) is 17.8. The third-order valence-corrected chi connectivity index (χ3v) is 12.0. The first kappa shape index (κ1) is 40.4. The van der Waals surface area contributed by atoms with Crippen LogP contribution in [0.15, 0.2) is 65.7 Å². The fourth-order valence-corrected chi connectivity index (χ4v) is 8.25. The molecule has 58 heavy (non-hydrogen) atoms. The number of H-pyrrole nitrogens is 2. The summed E-state index contributed by atoms with van der Waals surface area (Å²) in [4.78, 5) is 74.2. The van der Waals surface area contributed by atoms with Crippen molar-refractivity contribution in [1.82, 2.24) is 35.1 Å². The summed E-state index contributed by atoms with van der Waals surface area (Å²) < 4.78 is 4.82. The molecular formula is C44H54N8O6. The predicted octanol–water partition coefficient (Wildman–Crippen LogP) is 7.89. The first-order chi connectivity index (χ1) is 28.1. The minimum atomic E-state index is -0.674. The monoisotopic (exact) mass is 790 g/mol. The number of hydrogen-bond acceptors (Lipinski definition) is 9. The molecule has 7 rings (SSSR count). The van der Waals surface area contributed by atoms with Crippen LogP contribution >= 0.6 is 0 Å². The van der Waals surface area contributed by atoms with Crippen LogP contribution in [0.25, 0.3) is 44.3 Å². The number of rotatable bonds is 14. The van der Waals surface area contributed by atoms with Gasteiger partial charge < -0.3 is 34.7 Å². The van der Waals surface area contributed by atoms with Crippen molar-refractivity contribution < 1.29 is 28.9 Å². The molecular weight excluding hydrogens is 737 g/mol. The number of amides is 3. The van der Waals surface area contributed by atoms with E-state index in [0.29, 0.717) is 13.1 Å². The number of imidazole rings is 2. The number of methoxy groups -OCH3 is 1. The molecule has 2 aliphatic rings. The number of hydrogen-bond donors (Lipinski definition) is 3. The van der Waals surface area contributed by atoms with Crippen molar-refractivity contribution >= 4 is 46.4 Å². The number of ether oxygens (including phenoxy) is 1. The van der Waals surface area contributed by atoms with E-state index in [1.54, 1.807) is 0 Å². The lowest BCUT2D eigenvalue weighted by Crippen LogP contribution is -2.51. The van der Waals surface area contributed by atoms with E-state index < -0.39 is 18.2 Å². The minimum absolute atomic E-state index is 0.0323. The molecule has 0 spiro atoms. The van der Waals surface area contributed by atoms with Gasteiger partial charge in [0.1, 0.15) is 23.7 Å². The molecule has 0 saturated carbocycles. The molecule has 3 amide bonds. The third-order valence-electron chi connectivity index (χ3n) is 12.0. The van der Waals surface area contributed by atoms with Crippen LogP contribution in [0, 0.1) is 11.8 Å². The average molecular weight is 791 g/mol. The normalized spacial score (nSPS) is 19.1. The number of fused-ring (bicyclic) bond motifs is 2. The van der Waals surface area contributed by atoms with Crippen molar-refractivity contribution in [3.05, 3.63) is 72.3 Å². The summed E-state index contributed by atoms with van der Waals surface area (Å²) in [5.41, 5.74) is 7.73. The Hall–Kier alpha value is -5.76. The molecule has 2 fully saturated rings. The molecule has 306 valence electrons. The molecule has 2 aliphatic heterocycles. The molecule has 0 bridgehead atoms. The highest BCUT2D eigenvalue weighted by Gasteiger charge is 2.39. The number of aromatic nitrogens is 4. The number of benzene rings is 3. The van der Waals surface area contributed by atoms with Crippen LogP contribution in [-0.2, 0) is 24.1 Å². The van der Waals surface area contributed by atoms with Crippen molar-refractivity contribution in [1.29, 1.82) is 0 Å². The molecule has 4 heterocycles. The molecule has 2 saturated heterocycles. The standard InChI is InChI=1S/C44H54N8O6/c1-7-26(3)38(45-25-58-57-6)42(53)51-21-9-11-36(51)40-46-32-19-17-30(23-34(32)48-40)28-13-15-29(16-14-28)31-18-20-33-35(24-31)49-41(47-33)37-12-10-22-52(37)43(54)39(27(4)8-2)50-44(55)56-5/h13-20,23-27,36-39H,7-12,21-22H2,1-6H3,(H,46,48)(H,47,49)(H,50,55)/t26-,27-,36-,37-,38-,39-/m0/s1. The number of aliphatic imine (C=N–C) groups is 1. The molecule has 5 aromatic rings. The maximum absolute atomic E-state index is 13.8. The summed E-state index contributed by atoms with van der Waals surface area (Å²) in [5, 5.41) is 2.76. The number of aromatic amines is 2. The first-order valence-electron chi connectivity index (χ1n) is 20.4. The van der Waals surface area contributed by atoms with Crippen LogP contribution in [0.3, 0.4) is 0 Å². The van der Waals surface area contributed by atoms with Gasteiger partial charge in [-0.3, -0.25) is 9.59 Å². The van der Waals surface area contributed by atoms with Gasteiger partial charge in [-0.05, 0) is 84.0 Å². The highest BCUT2D eigenvalue weighted by Crippen LogP contribution is 2.36. The fourth-order valence-electron chi connectivity index (χ4n) is 8.25. The second-order valence-corrected chi connectivity index (χ2v) is 15.5. The lowest BCUT2D eigenvalue weighted by atomic mass is 9.97. The summed E-state index contributed by atoms with van der Waals surface area (Å²) in [6.07, 6.45) is 5.49. The lowest BCUT2D eigenvalue weighted by Gasteiger charge is -2.30. The molecule has 3 aromatic carbocycles. The van der Waals surface area contributed by atoms with Gasteiger partial charge in [0.05, 0.1) is 48.4 Å². The molecule has 0 radical (unpaired) electrons. The SMILES string of the molecule is CC[C@H](C)[C@H](N=COOC)C(=O)N1CCC[C@H]1c1nc2ccc(-c3ccc(-c4ccc5nc([C@@H]6CCCN6C(=O)[C@@H](NC(=O)OC)[C@@H](C)CC)[nH]c5c4)cc3)cc2[nH]1. The van der Waals surface area contributed by atoms with Gasteiger partial charge >= 0.3 is 6.09 Å². The van der Waals surface area contributed by atoms with Gasteiger partial charge in [-0.15, -0.1) is 0 Å². The fraction of sp³-hybridized carbons (Fsp3) is 0.455. The van der Waals surface area contributed by atoms with E-state index in [4.69, 9.17) is 19.6 Å². The highest BCUT2D eigenvalue weighted by atomic mass is 17.2. The summed E-state index contributed by atoms with van der Waals surface area (Å²) in [6.45, 7) is 9.29. The van der Waals surface area contributed by atoms with E-state index in [1.807, 2.05) is 42.7 Å². The van der Waals surface area contributed by atoms with Crippen molar-refractivity contribution in [3.8, 4) is 22.3 Å². The van der Waals surface area contributed by atoms with Crippen LogP contribution < -0.4 is 5.32 Å². The molecule has 6 atom stereocenters. The molecule has 0 unspecified atom stereocenters. The van der Waals surface area contributed by atoms with Crippen molar-refractivity contribution in [2.75, 3.05) is 27.3 Å². The van der Waals surface area contributed by atoms with E-state index in [1.165, 1.54) is 20.6 Å². The quantitative estimate of drug-likeness (QED) is 0.0442. The Bertz CT molecular complexity index is 2270. The van der Waals surface area contributed by atoms with E-state index in [9.17, 15) is 14.4 Å². The van der Waals surface area contributed by atoms with E-state index in [0.717, 1.165) is 94.5 Å². The largest absolute Gasteiger partial charge is 0.453 e. The topological polar surface area (TPSA) is 167 Å². The van der Waals surface area contributed by atoms with Crippen LogP contribution in [0.4, 0.5) is 4.79 Å². The number of nitrogens with zero attached hydrogens (tertiary/aromatic N) is 5. The number of likely N-dealkylation sites (tertiary alicyclic amines) is 2. The molecule has 0 aliphatic carbocycles. The van der Waals surface area contributed by atoms with Crippen LogP contribution in [0.2, 0.25) is 0 Å². The summed E-state index contributed by atoms with van der Waals surface area (Å²) in [5.74, 6) is 1.36. The predicted molar refractivity (Wildman–Crippen MR) is 223 cm³/mol. The van der Waals surface area contributed by atoms with Crippen LogP contribution in [0.1, 0.15) is 90.0 Å². The Morgan fingerprint density at radius 3 is 1.76 bits per heavy atom. The number of alkyl carbamates (subject to hydrolysis) is 1. The molecule has 3 N–H and O–H groups in total. The Labute approximate surface area is 338 Å². The zero-order valence-electron chi connectivity index (χ0n) is 34.2. The number of carbonyl (C=O) groups is 3. The Morgan fingerprint density at radius 1 is 0.776 bits per heavy atom. The average Bonchev–Trinajstić information content (AvgIpc) is 4.08. The highest BCUT2D eigenvalue weighted by molar-refractivity contribution is 5.88. The van der Waals surface area contributed by atoms with Crippen molar-refractivity contribution in [2.24, 2.45) is 16.8 Å². The van der Waals surface area contributed by atoms with Gasteiger partial charge in [0, 0.05) is 13.1 Å². The van der Waals surface area contributed by atoms with Crippen molar-refractivity contribution in [2.45, 2.75) is 90.4 Å². The smallest absolute Gasteiger partial charge is 0.407 e. The zero-order chi connectivity index (χ0) is 40.9. The van der Waals surface area contributed by atoms with Gasteiger partial charge in [-0.1, -0.05) is 76.9 Å². The van der Waals surface area contributed by atoms with E-state index in [-0.39, 0.29) is 35.7 Å². The first-order valence-corrected chi connectivity index (χ1v) is 20.4. The summed E-state index contributed by atoms with van der Waals surface area (Å²) >= 11 is 0. The molecule has 14 nitrogen and oxygen atoms in total. The van der Waals surface area contributed by atoms with Gasteiger partial charge in [0.2, 0.25) is 18.2 Å². The minimum Gasteiger partial charge on any atom is -0.453 e. The Kier molecular flexibility index (Phi) is 12.4. The van der Waals surface area contributed by atoms with Crippen LogP contribution in [0.5, 0.6) is 0 Å². The van der Waals surface area contributed by atoms with E-state index >= 15 is 0 Å². The maximum Gasteiger partial charge on any atom is 0.407 e. The summed E-state index contributed by atoms with van der Waals surface area (Å²) in [6, 6.07) is 19.3. The second-order valence-electron chi connectivity index (χ2n) is 15.5. The number of carbonyl (C=O) groups excluding carboxylic acids is 3.